The van der Waals surface area contributed by atoms with Crippen molar-refractivity contribution in [3.8, 4) is 12.3 Å². The fourth-order valence-electron chi connectivity index (χ4n) is 0.857. The molecule has 0 aliphatic heterocycles. The van der Waals surface area contributed by atoms with Crippen molar-refractivity contribution in [1.29, 1.82) is 0 Å². The minimum absolute atomic E-state index is 0.769. The molecule has 3 N–H and O–H groups in total. The van der Waals surface area contributed by atoms with Gasteiger partial charge in [-0.25, -0.2) is 0 Å². The lowest BCUT2D eigenvalue weighted by molar-refractivity contribution is 0.710. The molecule has 1 aromatic heterocycles. The van der Waals surface area contributed by atoms with Gasteiger partial charge >= 0.3 is 0 Å². The van der Waals surface area contributed by atoms with Gasteiger partial charge in [-0.1, -0.05) is 0 Å². The first-order chi connectivity index (χ1) is 5.84. The molecule has 1 rings (SSSR count). The Balaban J connectivity index is 2.25. The normalized spacial score (nSPS) is 9.58. The average molecular weight is 180 g/mol. The Kier molecular flexibility index (Phi) is 3.65. The third kappa shape index (κ3) is 2.57. The molecule has 0 aromatic carbocycles. The Bertz CT molecular complexity index is 272. The standard InChI is InChI=1S/C9H12N2S/c1-2-3-5-11-7-9-8(10)4-6-12-9/h1,4,6,11H,3,5,7,10H2. The molecule has 64 valence electrons. The Morgan fingerprint density at radius 3 is 3.08 bits per heavy atom. The molecule has 0 atom stereocenters. The fraction of sp³-hybridized carbons (Fsp3) is 0.333. The van der Waals surface area contributed by atoms with Crippen LogP contribution in [0.25, 0.3) is 0 Å². The lowest BCUT2D eigenvalue weighted by Crippen LogP contribution is -2.13. The third-order valence-corrected chi connectivity index (χ3v) is 2.45. The number of hydrogen-bond donors (Lipinski definition) is 2. The summed E-state index contributed by atoms with van der Waals surface area (Å²) in [5.74, 6) is 2.57. The first-order valence-electron chi connectivity index (χ1n) is 3.80. The first kappa shape index (κ1) is 9.11. The van der Waals surface area contributed by atoms with Crippen molar-refractivity contribution in [3.05, 3.63) is 16.3 Å². The summed E-state index contributed by atoms with van der Waals surface area (Å²) in [7, 11) is 0. The average Bonchev–Trinajstić information content (AvgIpc) is 2.46. The molecule has 0 spiro atoms. The predicted molar refractivity (Wildman–Crippen MR) is 53.9 cm³/mol. The highest BCUT2D eigenvalue weighted by Crippen LogP contribution is 2.17. The van der Waals surface area contributed by atoms with Crippen LogP contribution in [0.5, 0.6) is 0 Å². The summed E-state index contributed by atoms with van der Waals surface area (Å²) in [6.07, 6.45) is 5.87. The second-order valence-corrected chi connectivity index (χ2v) is 3.43. The Hall–Kier alpha value is -0.980. The Labute approximate surface area is 76.8 Å². The minimum atomic E-state index is 0.769. The topological polar surface area (TPSA) is 38.0 Å². The molecule has 0 unspecified atom stereocenters. The van der Waals surface area contributed by atoms with Crippen LogP contribution in [0, 0.1) is 12.3 Å². The van der Waals surface area contributed by atoms with Crippen molar-refractivity contribution in [1.82, 2.24) is 5.32 Å². The second kappa shape index (κ2) is 4.81. The van der Waals surface area contributed by atoms with E-state index in [0.717, 1.165) is 25.2 Å². The molecule has 0 aliphatic rings. The number of anilines is 1. The van der Waals surface area contributed by atoms with Crippen molar-refractivity contribution in [2.45, 2.75) is 13.0 Å². The van der Waals surface area contributed by atoms with Gasteiger partial charge < -0.3 is 11.1 Å². The van der Waals surface area contributed by atoms with E-state index < -0.39 is 0 Å². The smallest absolute Gasteiger partial charge is 0.0468 e. The molecule has 1 aromatic rings. The zero-order chi connectivity index (χ0) is 8.81. The number of rotatable bonds is 4. The zero-order valence-electron chi connectivity index (χ0n) is 6.84. The monoisotopic (exact) mass is 180 g/mol. The van der Waals surface area contributed by atoms with E-state index in [0.29, 0.717) is 0 Å². The maximum Gasteiger partial charge on any atom is 0.0468 e. The van der Waals surface area contributed by atoms with Crippen LogP contribution in [0.3, 0.4) is 0 Å². The summed E-state index contributed by atoms with van der Waals surface area (Å²) in [5, 5.41) is 5.21. The minimum Gasteiger partial charge on any atom is -0.398 e. The molecule has 1 heterocycles. The van der Waals surface area contributed by atoms with E-state index in [9.17, 15) is 0 Å². The van der Waals surface area contributed by atoms with E-state index in [1.54, 1.807) is 11.3 Å². The van der Waals surface area contributed by atoms with Crippen LogP contribution in [-0.2, 0) is 6.54 Å². The van der Waals surface area contributed by atoms with Crippen molar-refractivity contribution >= 4 is 17.0 Å². The zero-order valence-corrected chi connectivity index (χ0v) is 7.66. The Morgan fingerprint density at radius 2 is 2.50 bits per heavy atom. The summed E-state index contributed by atoms with van der Waals surface area (Å²) in [6.45, 7) is 1.68. The molecular formula is C9H12N2S. The lowest BCUT2D eigenvalue weighted by Gasteiger charge is -2.00. The molecule has 0 saturated carbocycles. The van der Waals surface area contributed by atoms with Crippen LogP contribution in [0.2, 0.25) is 0 Å². The molecule has 0 radical (unpaired) electrons. The van der Waals surface area contributed by atoms with E-state index in [-0.39, 0.29) is 0 Å². The highest BCUT2D eigenvalue weighted by atomic mass is 32.1. The highest BCUT2D eigenvalue weighted by Gasteiger charge is 1.97. The Morgan fingerprint density at radius 1 is 1.67 bits per heavy atom. The summed E-state index contributed by atoms with van der Waals surface area (Å²) in [5.41, 5.74) is 6.55. The quantitative estimate of drug-likeness (QED) is 0.543. The summed E-state index contributed by atoms with van der Waals surface area (Å²) in [6, 6.07) is 1.92. The van der Waals surface area contributed by atoms with Crippen LogP contribution in [0.1, 0.15) is 11.3 Å². The SMILES string of the molecule is C#CCCNCc1sccc1N. The maximum absolute atomic E-state index is 5.69. The summed E-state index contributed by atoms with van der Waals surface area (Å²) >= 11 is 1.67. The number of nitrogens with one attached hydrogen (secondary N) is 1. The van der Waals surface area contributed by atoms with E-state index in [4.69, 9.17) is 12.2 Å². The van der Waals surface area contributed by atoms with Crippen molar-refractivity contribution in [2.75, 3.05) is 12.3 Å². The molecule has 12 heavy (non-hydrogen) atoms. The molecule has 0 bridgehead atoms. The van der Waals surface area contributed by atoms with Gasteiger partial charge in [0.25, 0.3) is 0 Å². The van der Waals surface area contributed by atoms with E-state index >= 15 is 0 Å². The van der Waals surface area contributed by atoms with Crippen molar-refractivity contribution in [3.63, 3.8) is 0 Å². The predicted octanol–water partition coefficient (Wildman–Crippen LogP) is 1.44. The maximum atomic E-state index is 5.69. The van der Waals surface area contributed by atoms with Gasteiger partial charge in [-0.2, -0.15) is 0 Å². The third-order valence-electron chi connectivity index (χ3n) is 1.51. The molecule has 0 fully saturated rings. The number of hydrogen-bond acceptors (Lipinski definition) is 3. The number of nitrogens with two attached hydrogens (primary N) is 1. The number of nitrogen functional groups attached to an aromatic ring is 1. The van der Waals surface area contributed by atoms with Gasteiger partial charge in [0.15, 0.2) is 0 Å². The van der Waals surface area contributed by atoms with Crippen molar-refractivity contribution < 1.29 is 0 Å². The second-order valence-electron chi connectivity index (χ2n) is 2.43. The van der Waals surface area contributed by atoms with Crippen molar-refractivity contribution in [2.24, 2.45) is 0 Å². The highest BCUT2D eigenvalue weighted by molar-refractivity contribution is 7.10. The molecule has 0 saturated heterocycles. The molecular weight excluding hydrogens is 168 g/mol. The van der Waals surface area contributed by atoms with Crippen LogP contribution < -0.4 is 11.1 Å². The van der Waals surface area contributed by atoms with Crippen LogP contribution in [0.4, 0.5) is 5.69 Å². The molecule has 0 aliphatic carbocycles. The fourth-order valence-corrected chi connectivity index (χ4v) is 1.63. The summed E-state index contributed by atoms with van der Waals surface area (Å²) in [4.78, 5) is 1.19. The molecule has 3 heteroatoms. The van der Waals surface area contributed by atoms with E-state index in [2.05, 4.69) is 11.2 Å². The van der Waals surface area contributed by atoms with Gasteiger partial charge in [-0.05, 0) is 11.4 Å². The van der Waals surface area contributed by atoms with Gasteiger partial charge in [0.1, 0.15) is 0 Å². The van der Waals surface area contributed by atoms with Crippen LogP contribution in [-0.4, -0.2) is 6.54 Å². The van der Waals surface area contributed by atoms with Crippen LogP contribution in [0.15, 0.2) is 11.4 Å². The van der Waals surface area contributed by atoms with Crippen LogP contribution >= 0.6 is 11.3 Å². The lowest BCUT2D eigenvalue weighted by atomic mass is 10.4. The first-order valence-corrected chi connectivity index (χ1v) is 4.68. The summed E-state index contributed by atoms with van der Waals surface area (Å²) < 4.78 is 0. The number of terminal acetylenes is 1. The van der Waals surface area contributed by atoms with Gasteiger partial charge in [-0.15, -0.1) is 23.7 Å². The van der Waals surface area contributed by atoms with Gasteiger partial charge in [-0.3, -0.25) is 0 Å². The molecule has 2 nitrogen and oxygen atoms in total. The van der Waals surface area contributed by atoms with Gasteiger partial charge in [0.2, 0.25) is 0 Å². The van der Waals surface area contributed by atoms with E-state index in [1.165, 1.54) is 4.88 Å². The van der Waals surface area contributed by atoms with E-state index in [1.807, 2.05) is 11.4 Å². The van der Waals surface area contributed by atoms with Gasteiger partial charge in [0.05, 0.1) is 0 Å². The molecule has 0 amide bonds. The number of thiophene rings is 1. The van der Waals surface area contributed by atoms with Gasteiger partial charge in [0, 0.05) is 30.1 Å². The largest absolute Gasteiger partial charge is 0.398 e.